The van der Waals surface area contributed by atoms with Crippen LogP contribution in [0.15, 0.2) is 0 Å². The van der Waals surface area contributed by atoms with Crippen molar-refractivity contribution >= 4 is 12.1 Å². The first-order chi connectivity index (χ1) is 11.2. The van der Waals surface area contributed by atoms with Crippen LogP contribution in [-0.2, 0) is 24.0 Å². The summed E-state index contributed by atoms with van der Waals surface area (Å²) in [4.78, 5) is 32.5. The summed E-state index contributed by atoms with van der Waals surface area (Å²) in [5.41, 5.74) is 3.42. The first-order valence-electron chi connectivity index (χ1n) is 8.43. The molecule has 136 valence electrons. The van der Waals surface area contributed by atoms with Crippen molar-refractivity contribution in [3.05, 3.63) is 0 Å². The minimum absolute atomic E-state index is 0.123. The van der Waals surface area contributed by atoms with Crippen molar-refractivity contribution in [3.63, 3.8) is 0 Å². The van der Waals surface area contributed by atoms with Gasteiger partial charge < -0.3 is 20.3 Å². The molecule has 5 fully saturated rings. The quantitative estimate of drug-likeness (QED) is 0.510. The van der Waals surface area contributed by atoms with Gasteiger partial charge in [-0.1, -0.05) is 13.8 Å². The van der Waals surface area contributed by atoms with Gasteiger partial charge in [-0.25, -0.2) is 14.6 Å². The number of carboxylic acid groups (broad SMARTS) is 1. The van der Waals surface area contributed by atoms with E-state index in [9.17, 15) is 4.79 Å². The molecule has 1 amide bonds. The Balaban J connectivity index is 0.000000383. The van der Waals surface area contributed by atoms with Crippen LogP contribution >= 0.6 is 0 Å². The predicted molar refractivity (Wildman–Crippen MR) is 80.3 cm³/mol. The second-order valence-electron chi connectivity index (χ2n) is 7.47. The lowest BCUT2D eigenvalue weighted by molar-refractivity contribution is -0.559. The van der Waals surface area contributed by atoms with Crippen LogP contribution in [0.5, 0.6) is 0 Å². The third-order valence-electron chi connectivity index (χ3n) is 5.97. The van der Waals surface area contributed by atoms with E-state index in [1.807, 2.05) is 13.8 Å². The third-order valence-corrected chi connectivity index (χ3v) is 5.97. The number of ether oxygens (including phenoxy) is 2. The molecule has 8 heteroatoms. The van der Waals surface area contributed by atoms with E-state index < -0.39 is 23.8 Å². The Labute approximate surface area is 140 Å². The van der Waals surface area contributed by atoms with Crippen molar-refractivity contribution in [1.29, 1.82) is 0 Å². The molecule has 4 saturated heterocycles. The third kappa shape index (κ3) is 2.57. The molecule has 1 spiro atoms. The maximum atomic E-state index is 12.1. The molecule has 5 rings (SSSR count). The van der Waals surface area contributed by atoms with Crippen LogP contribution in [-0.4, -0.2) is 34.8 Å². The summed E-state index contributed by atoms with van der Waals surface area (Å²) in [5.74, 6) is -0.137. The molecule has 0 aromatic heterocycles. The van der Waals surface area contributed by atoms with E-state index >= 15 is 0 Å². The van der Waals surface area contributed by atoms with Crippen molar-refractivity contribution in [2.24, 2.45) is 29.4 Å². The van der Waals surface area contributed by atoms with E-state index in [4.69, 9.17) is 29.1 Å². The number of fused-ring (bicyclic) bond motifs is 2. The summed E-state index contributed by atoms with van der Waals surface area (Å²) in [6.45, 7) is 6.06. The Morgan fingerprint density at radius 1 is 1.21 bits per heavy atom. The van der Waals surface area contributed by atoms with Crippen molar-refractivity contribution in [3.8, 4) is 0 Å². The largest absolute Gasteiger partial charge is 0.465 e. The second kappa shape index (κ2) is 5.86. The zero-order valence-corrected chi connectivity index (χ0v) is 14.2. The zero-order chi connectivity index (χ0) is 17.7. The summed E-state index contributed by atoms with van der Waals surface area (Å²) in [7, 11) is 0. The van der Waals surface area contributed by atoms with Crippen LogP contribution in [0.3, 0.4) is 0 Å². The van der Waals surface area contributed by atoms with Crippen LogP contribution in [0, 0.1) is 23.7 Å². The fraction of sp³-hybridized carbons (Fsp3) is 0.875. The van der Waals surface area contributed by atoms with Crippen LogP contribution in [0.2, 0.25) is 0 Å². The number of amides is 1. The fourth-order valence-electron chi connectivity index (χ4n) is 4.76. The fourth-order valence-corrected chi connectivity index (χ4v) is 4.76. The van der Waals surface area contributed by atoms with Gasteiger partial charge in [0.2, 0.25) is 12.1 Å². The highest BCUT2D eigenvalue weighted by molar-refractivity contribution is 5.74. The van der Waals surface area contributed by atoms with Crippen LogP contribution in [0.1, 0.15) is 46.5 Å². The predicted octanol–water partition coefficient (Wildman–Crippen LogP) is 2.02. The molecule has 8 nitrogen and oxygen atoms in total. The number of nitrogens with two attached hydrogens (primary N) is 1. The van der Waals surface area contributed by atoms with Gasteiger partial charge in [0.25, 0.3) is 0 Å². The standard InChI is InChI=1S/C15H22O5.CH3NO2/c1-8-4-5-11-9(2)12(16)17-13-15(11)10(8)6-7-14(3,18-13)19-20-15;2-1(3)4/h8-11,13H,4-7H2,1-3H3;2H2,(H,3,4)/t8-,9-,10+,11+,13-,14+,15-;/m1./s1. The minimum atomic E-state index is -1.33. The average Bonchev–Trinajstić information content (AvgIpc) is 2.71. The van der Waals surface area contributed by atoms with E-state index in [1.165, 1.54) is 0 Å². The highest BCUT2D eigenvalue weighted by atomic mass is 17.3. The summed E-state index contributed by atoms with van der Waals surface area (Å²) >= 11 is 0. The van der Waals surface area contributed by atoms with E-state index in [0.29, 0.717) is 11.8 Å². The van der Waals surface area contributed by atoms with Gasteiger partial charge in [-0.15, -0.1) is 0 Å². The Kier molecular flexibility index (Phi) is 4.26. The van der Waals surface area contributed by atoms with Gasteiger partial charge in [0.05, 0.1) is 5.92 Å². The summed E-state index contributed by atoms with van der Waals surface area (Å²) in [6.07, 6.45) is 1.91. The maximum Gasteiger partial charge on any atom is 0.402 e. The average molecular weight is 343 g/mol. The van der Waals surface area contributed by atoms with Crippen molar-refractivity contribution in [2.45, 2.75) is 64.1 Å². The highest BCUT2D eigenvalue weighted by Crippen LogP contribution is 2.59. The number of hydrogen-bond donors (Lipinski definition) is 2. The van der Waals surface area contributed by atoms with Gasteiger partial charge in [-0.05, 0) is 32.1 Å². The van der Waals surface area contributed by atoms with Gasteiger partial charge in [0.15, 0.2) is 5.60 Å². The molecule has 2 bridgehead atoms. The van der Waals surface area contributed by atoms with Crippen LogP contribution < -0.4 is 5.73 Å². The lowest BCUT2D eigenvalue weighted by Gasteiger charge is -2.57. The van der Waals surface area contributed by atoms with Gasteiger partial charge in [-0.3, -0.25) is 4.79 Å². The van der Waals surface area contributed by atoms with Crippen molar-refractivity contribution < 1.29 is 33.9 Å². The number of primary amides is 1. The molecule has 0 unspecified atom stereocenters. The molecule has 3 N–H and O–H groups in total. The zero-order valence-electron chi connectivity index (χ0n) is 14.2. The van der Waals surface area contributed by atoms with Gasteiger partial charge in [0, 0.05) is 18.3 Å². The molecule has 0 aromatic carbocycles. The Morgan fingerprint density at radius 3 is 2.54 bits per heavy atom. The molecule has 4 aliphatic heterocycles. The number of rotatable bonds is 0. The van der Waals surface area contributed by atoms with Crippen molar-refractivity contribution in [2.75, 3.05) is 0 Å². The normalized spacial score (nSPS) is 49.1. The molecule has 7 atom stereocenters. The second-order valence-corrected chi connectivity index (χ2v) is 7.47. The molecule has 0 aromatic rings. The molecule has 24 heavy (non-hydrogen) atoms. The number of carbonyl (C=O) groups excluding carboxylic acids is 1. The van der Waals surface area contributed by atoms with E-state index in [0.717, 1.165) is 25.7 Å². The summed E-state index contributed by atoms with van der Waals surface area (Å²) in [5, 5.41) is 7.19. The van der Waals surface area contributed by atoms with Gasteiger partial charge in [-0.2, -0.15) is 0 Å². The molecular weight excluding hydrogens is 318 g/mol. The van der Waals surface area contributed by atoms with Crippen LogP contribution in [0.25, 0.3) is 0 Å². The molecule has 5 aliphatic rings. The molecule has 1 aliphatic carbocycles. The minimum Gasteiger partial charge on any atom is -0.465 e. The maximum absolute atomic E-state index is 12.1. The number of esters is 1. The summed E-state index contributed by atoms with van der Waals surface area (Å²) in [6, 6.07) is 0. The molecule has 0 radical (unpaired) electrons. The number of carbonyl (C=O) groups is 2. The first kappa shape index (κ1) is 17.4. The summed E-state index contributed by atoms with van der Waals surface area (Å²) < 4.78 is 11.6. The topological polar surface area (TPSA) is 117 Å². The van der Waals surface area contributed by atoms with Crippen molar-refractivity contribution in [1.82, 2.24) is 0 Å². The lowest BCUT2D eigenvalue weighted by atomic mass is 9.58. The monoisotopic (exact) mass is 343 g/mol. The molecule has 1 saturated carbocycles. The smallest absolute Gasteiger partial charge is 0.402 e. The van der Waals surface area contributed by atoms with E-state index in [1.54, 1.807) is 0 Å². The molecular formula is C16H25NO7. The molecule has 4 heterocycles. The van der Waals surface area contributed by atoms with Gasteiger partial charge in [0.1, 0.15) is 0 Å². The van der Waals surface area contributed by atoms with E-state index in [2.05, 4.69) is 12.7 Å². The Bertz CT molecular complexity index is 537. The van der Waals surface area contributed by atoms with Crippen LogP contribution in [0.4, 0.5) is 4.79 Å². The highest BCUT2D eigenvalue weighted by Gasteiger charge is 2.70. The van der Waals surface area contributed by atoms with E-state index in [-0.39, 0.29) is 17.8 Å². The Hall–Kier alpha value is -1.38. The Morgan fingerprint density at radius 2 is 1.88 bits per heavy atom. The van der Waals surface area contributed by atoms with Gasteiger partial charge >= 0.3 is 12.1 Å². The number of hydrogen-bond acceptors (Lipinski definition) is 6. The first-order valence-corrected chi connectivity index (χ1v) is 8.43. The SMILES string of the molecule is C[C@@H]1CC[C@H]2[C@@H](C)C(=O)O[C@@H]3O[C@]4(C)CC[C@@H]1[C@]32OO4.NC(=O)O. The lowest BCUT2D eigenvalue weighted by Crippen LogP contribution is -2.69.